The molecule has 0 aliphatic heterocycles. The molecule has 6 heteroatoms. The SMILES string of the molecule is Cn1c(=O)oc2cc(CCNCC(O)CO)ccc21. The lowest BCUT2D eigenvalue weighted by molar-refractivity contribution is 0.0947. The van der Waals surface area contributed by atoms with Gasteiger partial charge in [-0.2, -0.15) is 0 Å². The van der Waals surface area contributed by atoms with Gasteiger partial charge in [-0.15, -0.1) is 0 Å². The largest absolute Gasteiger partial charge is 0.419 e. The number of oxazole rings is 1. The highest BCUT2D eigenvalue weighted by Crippen LogP contribution is 2.14. The van der Waals surface area contributed by atoms with Gasteiger partial charge in [-0.1, -0.05) is 6.07 Å². The van der Waals surface area contributed by atoms with Crippen LogP contribution in [0.4, 0.5) is 0 Å². The molecule has 1 aromatic carbocycles. The number of rotatable bonds is 6. The fourth-order valence-corrected chi connectivity index (χ4v) is 1.90. The molecule has 0 spiro atoms. The Morgan fingerprint density at radius 2 is 2.26 bits per heavy atom. The molecule has 2 aromatic rings. The van der Waals surface area contributed by atoms with Crippen molar-refractivity contribution in [1.29, 1.82) is 0 Å². The fourth-order valence-electron chi connectivity index (χ4n) is 1.90. The summed E-state index contributed by atoms with van der Waals surface area (Å²) in [5, 5.41) is 20.9. The summed E-state index contributed by atoms with van der Waals surface area (Å²) in [5.41, 5.74) is 2.41. The highest BCUT2D eigenvalue weighted by atomic mass is 16.4. The molecule has 0 radical (unpaired) electrons. The van der Waals surface area contributed by atoms with Crippen LogP contribution in [0.2, 0.25) is 0 Å². The Balaban J connectivity index is 1.96. The average molecular weight is 266 g/mol. The van der Waals surface area contributed by atoms with Crippen LogP contribution < -0.4 is 11.1 Å². The summed E-state index contributed by atoms with van der Waals surface area (Å²) in [6.45, 7) is 0.799. The van der Waals surface area contributed by atoms with Crippen molar-refractivity contribution in [3.63, 3.8) is 0 Å². The lowest BCUT2D eigenvalue weighted by atomic mass is 10.1. The minimum Gasteiger partial charge on any atom is -0.408 e. The molecule has 104 valence electrons. The molecule has 6 nitrogen and oxygen atoms in total. The van der Waals surface area contributed by atoms with E-state index in [2.05, 4.69) is 5.32 Å². The summed E-state index contributed by atoms with van der Waals surface area (Å²) >= 11 is 0. The van der Waals surface area contributed by atoms with E-state index in [0.29, 0.717) is 18.7 Å². The van der Waals surface area contributed by atoms with Crippen molar-refractivity contribution >= 4 is 11.1 Å². The van der Waals surface area contributed by atoms with Crippen LogP contribution in [0.5, 0.6) is 0 Å². The number of nitrogens with zero attached hydrogens (tertiary/aromatic N) is 1. The number of benzene rings is 1. The van der Waals surface area contributed by atoms with E-state index < -0.39 is 6.10 Å². The first-order valence-electron chi connectivity index (χ1n) is 6.20. The van der Waals surface area contributed by atoms with Gasteiger partial charge in [-0.05, 0) is 30.7 Å². The normalized spacial score (nSPS) is 13.0. The third kappa shape index (κ3) is 3.23. The maximum atomic E-state index is 11.4. The van der Waals surface area contributed by atoms with E-state index in [1.54, 1.807) is 7.05 Å². The number of aromatic nitrogens is 1. The van der Waals surface area contributed by atoms with E-state index in [-0.39, 0.29) is 12.4 Å². The maximum absolute atomic E-state index is 11.4. The number of aliphatic hydroxyl groups is 2. The molecular formula is C13H18N2O4. The van der Waals surface area contributed by atoms with E-state index in [0.717, 1.165) is 17.5 Å². The molecule has 19 heavy (non-hydrogen) atoms. The van der Waals surface area contributed by atoms with Crippen molar-refractivity contribution in [3.8, 4) is 0 Å². The second kappa shape index (κ2) is 6.01. The molecule has 0 saturated carbocycles. The molecule has 1 aromatic heterocycles. The quantitative estimate of drug-likeness (QED) is 0.620. The maximum Gasteiger partial charge on any atom is 0.419 e. The van der Waals surface area contributed by atoms with Gasteiger partial charge in [0.25, 0.3) is 0 Å². The summed E-state index contributed by atoms with van der Waals surface area (Å²) in [5.74, 6) is -0.364. The Bertz CT molecular complexity index is 602. The van der Waals surface area contributed by atoms with Gasteiger partial charge in [-0.3, -0.25) is 4.57 Å². The fraction of sp³-hybridized carbons (Fsp3) is 0.462. The number of hydrogen-bond acceptors (Lipinski definition) is 5. The second-order valence-electron chi connectivity index (χ2n) is 4.52. The highest BCUT2D eigenvalue weighted by molar-refractivity contribution is 5.73. The Hall–Kier alpha value is -1.63. The predicted molar refractivity (Wildman–Crippen MR) is 71.1 cm³/mol. The molecule has 0 amide bonds. The second-order valence-corrected chi connectivity index (χ2v) is 4.52. The summed E-state index contributed by atoms with van der Waals surface area (Å²) in [7, 11) is 1.67. The molecule has 1 atom stereocenters. The summed E-state index contributed by atoms with van der Waals surface area (Å²) in [6, 6.07) is 5.65. The molecule has 1 heterocycles. The molecule has 3 N–H and O–H groups in total. The molecule has 0 fully saturated rings. The lowest BCUT2D eigenvalue weighted by Gasteiger charge is -2.08. The van der Waals surface area contributed by atoms with E-state index in [1.807, 2.05) is 18.2 Å². The summed E-state index contributed by atoms with van der Waals surface area (Å²) < 4.78 is 6.58. The highest BCUT2D eigenvalue weighted by Gasteiger charge is 2.06. The van der Waals surface area contributed by atoms with Gasteiger partial charge in [0.2, 0.25) is 0 Å². The van der Waals surface area contributed by atoms with Crippen molar-refractivity contribution in [2.45, 2.75) is 12.5 Å². The summed E-state index contributed by atoms with van der Waals surface area (Å²) in [4.78, 5) is 11.4. The Morgan fingerprint density at radius 3 is 3.00 bits per heavy atom. The Labute approximate surface area is 110 Å². The van der Waals surface area contributed by atoms with E-state index in [4.69, 9.17) is 14.6 Å². The minimum atomic E-state index is -0.727. The number of hydrogen-bond donors (Lipinski definition) is 3. The van der Waals surface area contributed by atoms with Gasteiger partial charge in [-0.25, -0.2) is 4.79 Å². The molecule has 0 bridgehead atoms. The van der Waals surface area contributed by atoms with Crippen LogP contribution in [0.1, 0.15) is 5.56 Å². The topological polar surface area (TPSA) is 87.6 Å². The zero-order valence-corrected chi connectivity index (χ0v) is 10.8. The van der Waals surface area contributed by atoms with E-state index >= 15 is 0 Å². The first-order valence-corrected chi connectivity index (χ1v) is 6.20. The molecule has 0 aliphatic carbocycles. The average Bonchev–Trinajstić information content (AvgIpc) is 2.69. The first kappa shape index (κ1) is 13.8. The smallest absolute Gasteiger partial charge is 0.408 e. The molecule has 1 unspecified atom stereocenters. The van der Waals surface area contributed by atoms with Crippen LogP contribution in [0.25, 0.3) is 11.1 Å². The monoisotopic (exact) mass is 266 g/mol. The van der Waals surface area contributed by atoms with Crippen LogP contribution in [0, 0.1) is 0 Å². The standard InChI is InChI=1S/C13H18N2O4/c1-15-11-3-2-9(6-12(11)19-13(15)18)4-5-14-7-10(17)8-16/h2-3,6,10,14,16-17H,4-5,7-8H2,1H3. The molecule has 0 saturated heterocycles. The zero-order valence-electron chi connectivity index (χ0n) is 10.8. The van der Waals surface area contributed by atoms with E-state index in [9.17, 15) is 4.79 Å². The van der Waals surface area contributed by atoms with Crippen LogP contribution >= 0.6 is 0 Å². The Kier molecular flexibility index (Phi) is 4.36. The number of aliphatic hydroxyl groups excluding tert-OH is 2. The minimum absolute atomic E-state index is 0.242. The third-order valence-corrected chi connectivity index (χ3v) is 3.04. The van der Waals surface area contributed by atoms with Crippen LogP contribution in [0.15, 0.2) is 27.4 Å². The van der Waals surface area contributed by atoms with Crippen LogP contribution in [0.3, 0.4) is 0 Å². The van der Waals surface area contributed by atoms with Gasteiger partial charge < -0.3 is 19.9 Å². The lowest BCUT2D eigenvalue weighted by Crippen LogP contribution is -2.30. The number of fused-ring (bicyclic) bond motifs is 1. The Morgan fingerprint density at radius 1 is 1.47 bits per heavy atom. The molecule has 2 rings (SSSR count). The molecule has 0 aliphatic rings. The first-order chi connectivity index (χ1) is 9.11. The number of aryl methyl sites for hydroxylation is 1. The van der Waals surface area contributed by atoms with Crippen LogP contribution in [-0.4, -0.2) is 40.6 Å². The van der Waals surface area contributed by atoms with Crippen molar-refractivity contribution < 1.29 is 14.6 Å². The van der Waals surface area contributed by atoms with Gasteiger partial charge in [0.15, 0.2) is 5.58 Å². The van der Waals surface area contributed by atoms with Crippen molar-refractivity contribution in [2.24, 2.45) is 7.05 Å². The summed E-state index contributed by atoms with van der Waals surface area (Å²) in [6.07, 6.45) is 0.0294. The van der Waals surface area contributed by atoms with Gasteiger partial charge >= 0.3 is 5.76 Å². The van der Waals surface area contributed by atoms with Crippen LogP contribution in [-0.2, 0) is 13.5 Å². The van der Waals surface area contributed by atoms with Gasteiger partial charge in [0.05, 0.1) is 18.2 Å². The zero-order chi connectivity index (χ0) is 13.8. The van der Waals surface area contributed by atoms with Crippen molar-refractivity contribution in [3.05, 3.63) is 34.3 Å². The van der Waals surface area contributed by atoms with Gasteiger partial charge in [0, 0.05) is 13.6 Å². The third-order valence-electron chi connectivity index (χ3n) is 3.04. The van der Waals surface area contributed by atoms with Gasteiger partial charge in [0.1, 0.15) is 0 Å². The van der Waals surface area contributed by atoms with Crippen molar-refractivity contribution in [1.82, 2.24) is 9.88 Å². The van der Waals surface area contributed by atoms with E-state index in [1.165, 1.54) is 4.57 Å². The number of nitrogens with one attached hydrogen (secondary N) is 1. The molecular weight excluding hydrogens is 248 g/mol. The predicted octanol–water partition coefficient (Wildman–Crippen LogP) is -0.383. The van der Waals surface area contributed by atoms with Crippen molar-refractivity contribution in [2.75, 3.05) is 19.7 Å².